The van der Waals surface area contributed by atoms with Crippen molar-refractivity contribution in [3.8, 4) is 0 Å². The van der Waals surface area contributed by atoms with Crippen LogP contribution in [-0.2, 0) is 6.54 Å². The van der Waals surface area contributed by atoms with Gasteiger partial charge in [0.05, 0.1) is 17.6 Å². The van der Waals surface area contributed by atoms with E-state index in [9.17, 15) is 0 Å². The Kier molecular flexibility index (Phi) is 4.54. The third kappa shape index (κ3) is 2.76. The van der Waals surface area contributed by atoms with Gasteiger partial charge in [-0.1, -0.05) is 25.1 Å². The summed E-state index contributed by atoms with van der Waals surface area (Å²) >= 11 is 6.43. The standard InChI is InChI=1S/C17H23ClN2/c1-6-16(18)17-13(4)19-20(14(17)5)10-15-11(2)8-7-9-12(15)3/h7-9,16H,6,10H2,1-5H3. The van der Waals surface area contributed by atoms with Gasteiger partial charge in [0.2, 0.25) is 0 Å². The molecule has 0 saturated carbocycles. The maximum atomic E-state index is 6.43. The van der Waals surface area contributed by atoms with E-state index in [0.29, 0.717) is 0 Å². The molecule has 0 fully saturated rings. The molecule has 2 aromatic rings. The summed E-state index contributed by atoms with van der Waals surface area (Å²) in [5.74, 6) is 0. The Balaban J connectivity index is 2.40. The van der Waals surface area contributed by atoms with Crippen LogP contribution in [0.2, 0.25) is 0 Å². The zero-order valence-electron chi connectivity index (χ0n) is 13.0. The molecule has 0 aliphatic carbocycles. The summed E-state index contributed by atoms with van der Waals surface area (Å²) in [7, 11) is 0. The highest BCUT2D eigenvalue weighted by Gasteiger charge is 2.18. The molecular formula is C17H23ClN2. The Hall–Kier alpha value is -1.28. The Bertz CT molecular complexity index is 593. The molecule has 1 heterocycles. The van der Waals surface area contributed by atoms with Crippen LogP contribution in [0.15, 0.2) is 18.2 Å². The van der Waals surface area contributed by atoms with Gasteiger partial charge in [-0.2, -0.15) is 5.10 Å². The van der Waals surface area contributed by atoms with E-state index in [1.807, 2.05) is 0 Å². The van der Waals surface area contributed by atoms with E-state index >= 15 is 0 Å². The molecule has 0 amide bonds. The number of rotatable bonds is 4. The third-order valence-electron chi connectivity index (χ3n) is 4.06. The molecule has 1 unspecified atom stereocenters. The highest BCUT2D eigenvalue weighted by atomic mass is 35.5. The molecule has 0 aliphatic rings. The molecule has 0 aliphatic heterocycles. The maximum Gasteiger partial charge on any atom is 0.0667 e. The summed E-state index contributed by atoms with van der Waals surface area (Å²) < 4.78 is 2.09. The van der Waals surface area contributed by atoms with Gasteiger partial charge in [-0.3, -0.25) is 4.68 Å². The maximum absolute atomic E-state index is 6.43. The summed E-state index contributed by atoms with van der Waals surface area (Å²) in [5.41, 5.74) is 7.42. The second-order valence-corrected chi connectivity index (χ2v) is 6.02. The van der Waals surface area contributed by atoms with Crippen LogP contribution in [0.25, 0.3) is 0 Å². The number of aryl methyl sites for hydroxylation is 3. The van der Waals surface area contributed by atoms with Gasteiger partial charge < -0.3 is 0 Å². The lowest BCUT2D eigenvalue weighted by molar-refractivity contribution is 0.652. The van der Waals surface area contributed by atoms with E-state index in [0.717, 1.165) is 18.7 Å². The molecule has 1 atom stereocenters. The first-order chi connectivity index (χ1) is 9.45. The lowest BCUT2D eigenvalue weighted by Gasteiger charge is -2.12. The number of hydrogen-bond acceptors (Lipinski definition) is 1. The summed E-state index contributed by atoms with van der Waals surface area (Å²) in [6.07, 6.45) is 0.929. The van der Waals surface area contributed by atoms with Gasteiger partial charge in [0.1, 0.15) is 0 Å². The van der Waals surface area contributed by atoms with Crippen LogP contribution in [0.5, 0.6) is 0 Å². The fourth-order valence-electron chi connectivity index (χ4n) is 2.77. The minimum atomic E-state index is 0.0571. The highest BCUT2D eigenvalue weighted by molar-refractivity contribution is 6.20. The molecule has 1 aromatic carbocycles. The van der Waals surface area contributed by atoms with Crippen molar-refractivity contribution in [1.82, 2.24) is 9.78 Å². The number of hydrogen-bond donors (Lipinski definition) is 0. The molecule has 0 bridgehead atoms. The van der Waals surface area contributed by atoms with Crippen molar-refractivity contribution in [3.05, 3.63) is 51.8 Å². The van der Waals surface area contributed by atoms with Gasteiger partial charge in [-0.25, -0.2) is 0 Å². The summed E-state index contributed by atoms with van der Waals surface area (Å²) in [5, 5.41) is 4.75. The molecule has 0 radical (unpaired) electrons. The first kappa shape index (κ1) is 15.1. The van der Waals surface area contributed by atoms with Gasteiger partial charge in [0.15, 0.2) is 0 Å². The Labute approximate surface area is 126 Å². The SMILES string of the molecule is CCC(Cl)c1c(C)nn(Cc2c(C)cccc2C)c1C. The minimum Gasteiger partial charge on any atom is -0.265 e. The number of halogens is 1. The zero-order valence-corrected chi connectivity index (χ0v) is 13.8. The van der Waals surface area contributed by atoms with E-state index in [1.165, 1.54) is 27.9 Å². The van der Waals surface area contributed by atoms with Crippen molar-refractivity contribution < 1.29 is 0 Å². The molecule has 2 nitrogen and oxygen atoms in total. The average molecular weight is 291 g/mol. The predicted molar refractivity (Wildman–Crippen MR) is 85.6 cm³/mol. The largest absolute Gasteiger partial charge is 0.265 e. The van der Waals surface area contributed by atoms with Gasteiger partial charge in [0, 0.05) is 11.3 Å². The first-order valence-corrected chi connectivity index (χ1v) is 7.62. The number of nitrogens with zero attached hydrogens (tertiary/aromatic N) is 2. The quantitative estimate of drug-likeness (QED) is 0.736. The van der Waals surface area contributed by atoms with Gasteiger partial charge in [0.25, 0.3) is 0 Å². The van der Waals surface area contributed by atoms with Crippen molar-refractivity contribution in [2.24, 2.45) is 0 Å². The smallest absolute Gasteiger partial charge is 0.0667 e. The Morgan fingerprint density at radius 1 is 1.15 bits per heavy atom. The lowest BCUT2D eigenvalue weighted by atomic mass is 10.0. The number of benzene rings is 1. The molecule has 0 saturated heterocycles. The van der Waals surface area contributed by atoms with Gasteiger partial charge >= 0.3 is 0 Å². The topological polar surface area (TPSA) is 17.8 Å². The highest BCUT2D eigenvalue weighted by Crippen LogP contribution is 2.30. The van der Waals surface area contributed by atoms with Crippen LogP contribution in [0.4, 0.5) is 0 Å². The molecular weight excluding hydrogens is 268 g/mol. The van der Waals surface area contributed by atoms with Crippen LogP contribution < -0.4 is 0 Å². The van der Waals surface area contributed by atoms with Crippen LogP contribution >= 0.6 is 11.6 Å². The summed E-state index contributed by atoms with van der Waals surface area (Å²) in [6, 6.07) is 6.42. The van der Waals surface area contributed by atoms with E-state index in [1.54, 1.807) is 0 Å². The second-order valence-electron chi connectivity index (χ2n) is 5.49. The molecule has 0 N–H and O–H groups in total. The normalized spacial score (nSPS) is 12.7. The molecule has 0 spiro atoms. The van der Waals surface area contributed by atoms with Crippen LogP contribution in [0, 0.1) is 27.7 Å². The number of alkyl halides is 1. The van der Waals surface area contributed by atoms with Crippen molar-refractivity contribution in [3.63, 3.8) is 0 Å². The van der Waals surface area contributed by atoms with E-state index in [-0.39, 0.29) is 5.38 Å². The Morgan fingerprint density at radius 3 is 2.30 bits per heavy atom. The minimum absolute atomic E-state index is 0.0571. The lowest BCUT2D eigenvalue weighted by Crippen LogP contribution is -2.07. The van der Waals surface area contributed by atoms with E-state index < -0.39 is 0 Å². The summed E-state index contributed by atoms with van der Waals surface area (Å²) in [4.78, 5) is 0. The number of aromatic nitrogens is 2. The van der Waals surface area contributed by atoms with Gasteiger partial charge in [-0.05, 0) is 50.8 Å². The van der Waals surface area contributed by atoms with Crippen LogP contribution in [0.1, 0.15) is 52.4 Å². The second kappa shape index (κ2) is 6.01. The van der Waals surface area contributed by atoms with E-state index in [4.69, 9.17) is 11.6 Å². The van der Waals surface area contributed by atoms with E-state index in [2.05, 4.69) is 62.6 Å². The molecule has 2 rings (SSSR count). The fourth-order valence-corrected chi connectivity index (χ4v) is 3.09. The first-order valence-electron chi connectivity index (χ1n) is 7.18. The Morgan fingerprint density at radius 2 is 1.75 bits per heavy atom. The third-order valence-corrected chi connectivity index (χ3v) is 4.59. The fraction of sp³-hybridized carbons (Fsp3) is 0.471. The average Bonchev–Trinajstić information content (AvgIpc) is 2.68. The summed E-state index contributed by atoms with van der Waals surface area (Å²) in [6.45, 7) is 11.4. The van der Waals surface area contributed by atoms with Gasteiger partial charge in [-0.15, -0.1) is 11.6 Å². The zero-order chi connectivity index (χ0) is 14.9. The molecule has 20 heavy (non-hydrogen) atoms. The van der Waals surface area contributed by atoms with Crippen molar-refractivity contribution in [2.45, 2.75) is 53.0 Å². The van der Waals surface area contributed by atoms with Crippen molar-refractivity contribution >= 4 is 11.6 Å². The van der Waals surface area contributed by atoms with Crippen molar-refractivity contribution in [2.75, 3.05) is 0 Å². The monoisotopic (exact) mass is 290 g/mol. The predicted octanol–water partition coefficient (Wildman–Crippen LogP) is 4.85. The van der Waals surface area contributed by atoms with Crippen LogP contribution in [0.3, 0.4) is 0 Å². The molecule has 1 aromatic heterocycles. The molecule has 108 valence electrons. The van der Waals surface area contributed by atoms with Crippen molar-refractivity contribution in [1.29, 1.82) is 0 Å². The van der Waals surface area contributed by atoms with Crippen LogP contribution in [-0.4, -0.2) is 9.78 Å². The molecule has 3 heteroatoms.